The highest BCUT2D eigenvalue weighted by atomic mass is 35.5. The third-order valence-corrected chi connectivity index (χ3v) is 6.10. The van der Waals surface area contributed by atoms with Crippen LogP contribution >= 0.6 is 23.2 Å². The fraction of sp³-hybridized carbons (Fsp3) is 0.500. The average Bonchev–Trinajstić information content (AvgIpc) is 2.20. The molecule has 1 unspecified atom stereocenters. The minimum Gasteiger partial charge on any atom is -0.326 e. The van der Waals surface area contributed by atoms with Crippen molar-refractivity contribution in [2.75, 3.05) is 6.26 Å². The molecule has 0 saturated heterocycles. The fourth-order valence-electron chi connectivity index (χ4n) is 1.44. The SMILES string of the molecule is CC(C)(C(N)Cc1ccc(Cl)cc1Cl)S(C)(=O)=O. The largest absolute Gasteiger partial charge is 0.326 e. The Morgan fingerprint density at radius 1 is 1.33 bits per heavy atom. The summed E-state index contributed by atoms with van der Waals surface area (Å²) in [7, 11) is -3.24. The highest BCUT2D eigenvalue weighted by Crippen LogP contribution is 2.26. The molecule has 0 aromatic heterocycles. The highest BCUT2D eigenvalue weighted by molar-refractivity contribution is 7.92. The number of hydrogen-bond donors (Lipinski definition) is 1. The molecule has 0 fully saturated rings. The lowest BCUT2D eigenvalue weighted by Gasteiger charge is -2.30. The van der Waals surface area contributed by atoms with Gasteiger partial charge in [0.05, 0.1) is 4.75 Å². The van der Waals surface area contributed by atoms with E-state index in [0.29, 0.717) is 16.5 Å². The van der Waals surface area contributed by atoms with E-state index < -0.39 is 20.6 Å². The van der Waals surface area contributed by atoms with Gasteiger partial charge in [0, 0.05) is 22.3 Å². The van der Waals surface area contributed by atoms with Crippen LogP contribution in [0.15, 0.2) is 18.2 Å². The van der Waals surface area contributed by atoms with Crippen LogP contribution in [0.1, 0.15) is 19.4 Å². The Morgan fingerprint density at radius 3 is 2.33 bits per heavy atom. The summed E-state index contributed by atoms with van der Waals surface area (Å²) < 4.78 is 22.4. The molecule has 0 heterocycles. The molecular formula is C12H17Cl2NO2S. The van der Waals surface area contributed by atoms with Crippen molar-refractivity contribution in [1.82, 2.24) is 0 Å². The molecule has 3 nitrogen and oxygen atoms in total. The number of rotatable bonds is 4. The van der Waals surface area contributed by atoms with Crippen LogP contribution in [-0.2, 0) is 16.3 Å². The van der Waals surface area contributed by atoms with Crippen LogP contribution in [0.3, 0.4) is 0 Å². The Kier molecular flexibility index (Phi) is 4.70. The van der Waals surface area contributed by atoms with Crippen LogP contribution in [0.25, 0.3) is 0 Å². The normalized spacial score (nSPS) is 14.6. The quantitative estimate of drug-likeness (QED) is 0.930. The Bertz CT molecular complexity index is 541. The van der Waals surface area contributed by atoms with E-state index in [0.717, 1.165) is 5.56 Å². The van der Waals surface area contributed by atoms with E-state index >= 15 is 0 Å². The second kappa shape index (κ2) is 5.37. The number of sulfone groups is 1. The summed E-state index contributed by atoms with van der Waals surface area (Å²) in [5.74, 6) is 0. The maximum absolute atomic E-state index is 11.7. The summed E-state index contributed by atoms with van der Waals surface area (Å²) >= 11 is 11.9. The van der Waals surface area contributed by atoms with Crippen LogP contribution in [0.5, 0.6) is 0 Å². The van der Waals surface area contributed by atoms with E-state index in [1.807, 2.05) is 0 Å². The molecule has 1 rings (SSSR count). The first-order chi connectivity index (χ1) is 8.05. The second-order valence-corrected chi connectivity index (χ2v) is 8.36. The molecule has 0 bridgehead atoms. The molecule has 2 N–H and O–H groups in total. The van der Waals surface area contributed by atoms with Gasteiger partial charge in [0.15, 0.2) is 9.84 Å². The second-order valence-electron chi connectivity index (χ2n) is 4.92. The minimum absolute atomic E-state index is 0.385. The summed E-state index contributed by atoms with van der Waals surface area (Å²) in [4.78, 5) is 0. The van der Waals surface area contributed by atoms with Gasteiger partial charge in [-0.2, -0.15) is 0 Å². The van der Waals surface area contributed by atoms with Gasteiger partial charge >= 0.3 is 0 Å². The van der Waals surface area contributed by atoms with Gasteiger partial charge in [0.1, 0.15) is 0 Å². The zero-order valence-corrected chi connectivity index (χ0v) is 12.9. The van der Waals surface area contributed by atoms with E-state index in [1.165, 1.54) is 6.26 Å². The number of hydrogen-bond acceptors (Lipinski definition) is 3. The Hall–Kier alpha value is -0.290. The molecule has 0 aliphatic rings. The van der Waals surface area contributed by atoms with Gasteiger partial charge in [-0.05, 0) is 38.0 Å². The molecule has 0 spiro atoms. The molecule has 0 amide bonds. The molecule has 1 atom stereocenters. The van der Waals surface area contributed by atoms with Gasteiger partial charge in [-0.25, -0.2) is 8.42 Å². The van der Waals surface area contributed by atoms with E-state index in [9.17, 15) is 8.42 Å². The van der Waals surface area contributed by atoms with Crippen molar-refractivity contribution in [2.45, 2.75) is 31.1 Å². The summed E-state index contributed by atoms with van der Waals surface area (Å²) in [6.07, 6.45) is 1.58. The van der Waals surface area contributed by atoms with Gasteiger partial charge in [0.25, 0.3) is 0 Å². The van der Waals surface area contributed by atoms with E-state index in [-0.39, 0.29) is 0 Å². The molecule has 0 saturated carbocycles. The Labute approximate surface area is 118 Å². The zero-order chi connectivity index (χ0) is 14.1. The topological polar surface area (TPSA) is 60.2 Å². The smallest absolute Gasteiger partial charge is 0.154 e. The lowest BCUT2D eigenvalue weighted by Crippen LogP contribution is -2.50. The first-order valence-corrected chi connectivity index (χ1v) is 8.09. The summed E-state index contributed by atoms with van der Waals surface area (Å²) in [6, 6.07) is 4.57. The fourth-order valence-corrected chi connectivity index (χ4v) is 2.56. The molecule has 1 aromatic rings. The zero-order valence-electron chi connectivity index (χ0n) is 10.6. The maximum Gasteiger partial charge on any atom is 0.154 e. The van der Waals surface area contributed by atoms with Crippen molar-refractivity contribution < 1.29 is 8.42 Å². The predicted octanol–water partition coefficient (Wildman–Crippen LogP) is 2.69. The number of benzene rings is 1. The third kappa shape index (κ3) is 3.38. The van der Waals surface area contributed by atoms with Crippen molar-refractivity contribution in [2.24, 2.45) is 5.73 Å². The van der Waals surface area contributed by atoms with E-state index in [2.05, 4.69) is 0 Å². The minimum atomic E-state index is -3.24. The number of nitrogens with two attached hydrogens (primary N) is 1. The number of halogens is 2. The van der Waals surface area contributed by atoms with Crippen LogP contribution < -0.4 is 5.73 Å². The van der Waals surface area contributed by atoms with Crippen molar-refractivity contribution in [3.8, 4) is 0 Å². The van der Waals surface area contributed by atoms with Crippen LogP contribution in [0.2, 0.25) is 10.0 Å². The lowest BCUT2D eigenvalue weighted by molar-refractivity contribution is 0.482. The van der Waals surface area contributed by atoms with Gasteiger partial charge in [-0.1, -0.05) is 29.3 Å². The summed E-state index contributed by atoms with van der Waals surface area (Å²) in [5, 5.41) is 1.04. The van der Waals surface area contributed by atoms with Gasteiger partial charge in [-0.15, -0.1) is 0 Å². The van der Waals surface area contributed by atoms with Crippen molar-refractivity contribution >= 4 is 33.0 Å². The summed E-state index contributed by atoms with van der Waals surface area (Å²) in [6.45, 7) is 3.24. The molecule has 1 aromatic carbocycles. The molecule has 18 heavy (non-hydrogen) atoms. The highest BCUT2D eigenvalue weighted by Gasteiger charge is 2.36. The molecule has 0 aliphatic heterocycles. The summed E-state index contributed by atoms with van der Waals surface area (Å²) in [5.41, 5.74) is 6.80. The lowest BCUT2D eigenvalue weighted by atomic mass is 9.96. The molecular weight excluding hydrogens is 293 g/mol. The predicted molar refractivity (Wildman–Crippen MR) is 77.1 cm³/mol. The Balaban J connectivity index is 2.98. The Morgan fingerprint density at radius 2 is 1.89 bits per heavy atom. The monoisotopic (exact) mass is 309 g/mol. The van der Waals surface area contributed by atoms with Crippen LogP contribution in [-0.4, -0.2) is 25.5 Å². The molecule has 6 heteroatoms. The van der Waals surface area contributed by atoms with Gasteiger partial charge < -0.3 is 5.73 Å². The average molecular weight is 310 g/mol. The van der Waals surface area contributed by atoms with E-state index in [4.69, 9.17) is 28.9 Å². The van der Waals surface area contributed by atoms with Crippen LogP contribution in [0, 0.1) is 0 Å². The first-order valence-electron chi connectivity index (χ1n) is 5.45. The van der Waals surface area contributed by atoms with Gasteiger partial charge in [-0.3, -0.25) is 0 Å². The van der Waals surface area contributed by atoms with E-state index in [1.54, 1.807) is 32.0 Å². The molecule has 0 aliphatic carbocycles. The van der Waals surface area contributed by atoms with Crippen molar-refractivity contribution in [3.63, 3.8) is 0 Å². The van der Waals surface area contributed by atoms with Crippen LogP contribution in [0.4, 0.5) is 0 Å². The first kappa shape index (κ1) is 15.8. The molecule has 0 radical (unpaired) electrons. The maximum atomic E-state index is 11.7. The standard InChI is InChI=1S/C12H17Cl2NO2S/c1-12(2,18(3,16)17)11(15)6-8-4-5-9(13)7-10(8)14/h4-5,7,11H,6,15H2,1-3H3. The van der Waals surface area contributed by atoms with Gasteiger partial charge in [0.2, 0.25) is 0 Å². The third-order valence-electron chi connectivity index (χ3n) is 3.30. The molecule has 102 valence electrons. The van der Waals surface area contributed by atoms with Crippen molar-refractivity contribution in [3.05, 3.63) is 33.8 Å². The van der Waals surface area contributed by atoms with Crippen molar-refractivity contribution in [1.29, 1.82) is 0 Å².